The number of carbonyl (C=O) groups is 1. The first-order valence-corrected chi connectivity index (χ1v) is 12.5. The summed E-state index contributed by atoms with van der Waals surface area (Å²) in [6, 6.07) is 5.72. The number of carbonyl (C=O) groups excluding carboxylic acids is 1. The van der Waals surface area contributed by atoms with Crippen LogP contribution in [0.2, 0.25) is 0 Å². The van der Waals surface area contributed by atoms with E-state index in [-0.39, 0.29) is 17.9 Å². The molecule has 1 amide bonds. The molecule has 176 valence electrons. The average molecular weight is 462 g/mol. The molecule has 8 heteroatoms. The highest BCUT2D eigenvalue weighted by Gasteiger charge is 2.34. The van der Waals surface area contributed by atoms with Gasteiger partial charge < -0.3 is 9.73 Å². The van der Waals surface area contributed by atoms with Crippen LogP contribution in [-0.2, 0) is 14.8 Å². The van der Waals surface area contributed by atoms with Gasteiger partial charge in [-0.05, 0) is 89.0 Å². The van der Waals surface area contributed by atoms with Crippen molar-refractivity contribution in [2.24, 2.45) is 5.92 Å². The lowest BCUT2D eigenvalue weighted by Crippen LogP contribution is -2.44. The van der Waals surface area contributed by atoms with E-state index in [4.69, 9.17) is 4.42 Å². The number of hydrogen-bond donors (Lipinski definition) is 1. The van der Waals surface area contributed by atoms with E-state index in [2.05, 4.69) is 5.32 Å². The fourth-order valence-electron chi connectivity index (χ4n) is 4.42. The van der Waals surface area contributed by atoms with E-state index in [0.717, 1.165) is 28.0 Å². The normalized spacial score (nSPS) is 17.0. The number of furan rings is 1. The summed E-state index contributed by atoms with van der Waals surface area (Å²) in [5.41, 5.74) is 3.57. The molecule has 1 aromatic heterocycles. The number of nitrogens with zero attached hydrogens (tertiary/aromatic N) is 2. The van der Waals surface area contributed by atoms with Crippen molar-refractivity contribution in [1.82, 2.24) is 14.5 Å². The summed E-state index contributed by atoms with van der Waals surface area (Å²) in [4.78, 5) is 15.2. The van der Waals surface area contributed by atoms with E-state index in [1.165, 1.54) is 4.31 Å². The SMILES string of the molecule is Cc1cc(C)c(C)c(S(=O)(=O)N2CCC(C(=O)NC[C@H](c3ccco3)N(C)C)CC2)c1C. The molecule has 2 heterocycles. The molecule has 2 aromatic rings. The van der Waals surface area contributed by atoms with Crippen molar-refractivity contribution < 1.29 is 17.6 Å². The number of piperidine rings is 1. The summed E-state index contributed by atoms with van der Waals surface area (Å²) in [6.45, 7) is 8.77. The second kappa shape index (κ2) is 9.77. The summed E-state index contributed by atoms with van der Waals surface area (Å²) in [5.74, 6) is 0.580. The van der Waals surface area contributed by atoms with Crippen LogP contribution in [0.4, 0.5) is 0 Å². The Balaban J connectivity index is 1.64. The first kappa shape index (κ1) is 24.5. The highest BCUT2D eigenvalue weighted by Crippen LogP contribution is 2.31. The maximum atomic E-state index is 13.4. The van der Waals surface area contributed by atoms with Gasteiger partial charge in [-0.2, -0.15) is 4.31 Å². The number of hydrogen-bond acceptors (Lipinski definition) is 5. The van der Waals surface area contributed by atoms with Gasteiger partial charge in [-0.1, -0.05) is 6.07 Å². The number of likely N-dealkylation sites (N-methyl/N-ethyl adjacent to an activating group) is 1. The van der Waals surface area contributed by atoms with Crippen LogP contribution in [-0.4, -0.2) is 57.3 Å². The quantitative estimate of drug-likeness (QED) is 0.684. The zero-order valence-electron chi connectivity index (χ0n) is 19.9. The predicted molar refractivity (Wildman–Crippen MR) is 125 cm³/mol. The van der Waals surface area contributed by atoms with Crippen LogP contribution in [0.25, 0.3) is 0 Å². The van der Waals surface area contributed by atoms with Crippen molar-refractivity contribution >= 4 is 15.9 Å². The van der Waals surface area contributed by atoms with Crippen LogP contribution >= 0.6 is 0 Å². The second-order valence-corrected chi connectivity index (χ2v) is 10.9. The van der Waals surface area contributed by atoms with Crippen LogP contribution in [0.15, 0.2) is 33.8 Å². The number of amides is 1. The van der Waals surface area contributed by atoms with E-state index in [9.17, 15) is 13.2 Å². The Morgan fingerprint density at radius 2 is 1.75 bits per heavy atom. The van der Waals surface area contributed by atoms with Gasteiger partial charge in [0.05, 0.1) is 17.2 Å². The molecular formula is C24H35N3O4S. The number of nitrogens with one attached hydrogen (secondary N) is 1. The van der Waals surface area contributed by atoms with Crippen molar-refractivity contribution in [3.8, 4) is 0 Å². The lowest BCUT2D eigenvalue weighted by molar-refractivity contribution is -0.126. The van der Waals surface area contributed by atoms with Gasteiger partial charge in [0, 0.05) is 25.6 Å². The maximum absolute atomic E-state index is 13.4. The molecule has 0 aliphatic carbocycles. The predicted octanol–water partition coefficient (Wildman–Crippen LogP) is 3.33. The van der Waals surface area contributed by atoms with Crippen molar-refractivity contribution in [3.05, 3.63) is 52.5 Å². The summed E-state index contributed by atoms with van der Waals surface area (Å²) in [7, 11) is 0.287. The molecule has 0 radical (unpaired) electrons. The molecule has 0 unspecified atom stereocenters. The zero-order valence-corrected chi connectivity index (χ0v) is 20.8. The summed E-state index contributed by atoms with van der Waals surface area (Å²) in [6.07, 6.45) is 2.66. The standard InChI is InChI=1S/C24H35N3O4S/c1-16-14-17(2)19(4)23(18(16)3)32(29,30)27-11-9-20(10-12-27)24(28)25-15-21(26(5)6)22-8-7-13-31-22/h7-8,13-14,20-21H,9-12,15H2,1-6H3,(H,25,28)/t21-/m1/s1. The van der Waals surface area contributed by atoms with Gasteiger partial charge in [0.15, 0.2) is 0 Å². The number of benzene rings is 1. The molecule has 3 rings (SSSR count). The largest absolute Gasteiger partial charge is 0.468 e. The lowest BCUT2D eigenvalue weighted by atomic mass is 9.97. The molecule has 1 aromatic carbocycles. The van der Waals surface area contributed by atoms with Crippen LogP contribution in [0.1, 0.15) is 46.9 Å². The second-order valence-electron chi connectivity index (χ2n) is 9.01. The van der Waals surface area contributed by atoms with E-state index in [0.29, 0.717) is 37.4 Å². The van der Waals surface area contributed by atoms with Crippen molar-refractivity contribution in [2.75, 3.05) is 33.7 Å². The van der Waals surface area contributed by atoms with Gasteiger partial charge in [0.25, 0.3) is 0 Å². The van der Waals surface area contributed by atoms with Gasteiger partial charge in [-0.25, -0.2) is 8.42 Å². The minimum atomic E-state index is -3.60. The first-order valence-electron chi connectivity index (χ1n) is 11.1. The van der Waals surface area contributed by atoms with Gasteiger partial charge in [-0.3, -0.25) is 9.69 Å². The molecule has 1 saturated heterocycles. The first-order chi connectivity index (χ1) is 15.0. The number of rotatable bonds is 7. The third-order valence-corrected chi connectivity index (χ3v) is 8.86. The number of sulfonamides is 1. The van der Waals surface area contributed by atoms with Crippen LogP contribution in [0.5, 0.6) is 0 Å². The molecular weight excluding hydrogens is 426 g/mol. The Labute approximate surface area is 191 Å². The highest BCUT2D eigenvalue weighted by atomic mass is 32.2. The number of aryl methyl sites for hydroxylation is 2. The molecule has 1 fully saturated rings. The molecule has 1 N–H and O–H groups in total. The van der Waals surface area contributed by atoms with Gasteiger partial charge >= 0.3 is 0 Å². The van der Waals surface area contributed by atoms with Crippen LogP contribution in [0.3, 0.4) is 0 Å². The Kier molecular flexibility index (Phi) is 7.47. The summed E-state index contributed by atoms with van der Waals surface area (Å²) in [5, 5.41) is 3.03. The van der Waals surface area contributed by atoms with Gasteiger partial charge in [0.1, 0.15) is 5.76 Å². The van der Waals surface area contributed by atoms with E-state index < -0.39 is 10.0 Å². The molecule has 32 heavy (non-hydrogen) atoms. The van der Waals surface area contributed by atoms with Crippen LogP contribution < -0.4 is 5.32 Å². The van der Waals surface area contributed by atoms with Gasteiger partial charge in [0.2, 0.25) is 15.9 Å². The summed E-state index contributed by atoms with van der Waals surface area (Å²) < 4.78 is 33.9. The summed E-state index contributed by atoms with van der Waals surface area (Å²) >= 11 is 0. The average Bonchev–Trinajstić information content (AvgIpc) is 3.26. The van der Waals surface area contributed by atoms with Crippen molar-refractivity contribution in [1.29, 1.82) is 0 Å². The Morgan fingerprint density at radius 3 is 2.25 bits per heavy atom. The minimum Gasteiger partial charge on any atom is -0.468 e. The van der Waals surface area contributed by atoms with E-state index >= 15 is 0 Å². The van der Waals surface area contributed by atoms with E-state index in [1.807, 2.05) is 64.9 Å². The molecule has 0 bridgehead atoms. The molecule has 1 atom stereocenters. The topological polar surface area (TPSA) is 82.9 Å². The monoisotopic (exact) mass is 461 g/mol. The Morgan fingerprint density at radius 1 is 1.16 bits per heavy atom. The molecule has 0 saturated carbocycles. The van der Waals surface area contributed by atoms with Crippen LogP contribution in [0, 0.1) is 33.6 Å². The third kappa shape index (κ3) is 4.92. The van der Waals surface area contributed by atoms with E-state index in [1.54, 1.807) is 6.26 Å². The minimum absolute atomic E-state index is 0.0285. The lowest BCUT2D eigenvalue weighted by Gasteiger charge is -2.32. The van der Waals surface area contributed by atoms with Crippen molar-refractivity contribution in [2.45, 2.75) is 51.5 Å². The zero-order chi connectivity index (χ0) is 23.6. The molecule has 1 aliphatic heterocycles. The Bertz CT molecular complexity index is 1030. The van der Waals surface area contributed by atoms with Gasteiger partial charge in [-0.15, -0.1) is 0 Å². The fraction of sp³-hybridized carbons (Fsp3) is 0.542. The highest BCUT2D eigenvalue weighted by molar-refractivity contribution is 7.89. The maximum Gasteiger partial charge on any atom is 0.243 e. The molecule has 7 nitrogen and oxygen atoms in total. The fourth-order valence-corrected chi connectivity index (χ4v) is 6.46. The Hall–Kier alpha value is -2.16. The smallest absolute Gasteiger partial charge is 0.243 e. The van der Waals surface area contributed by atoms with Crippen molar-refractivity contribution in [3.63, 3.8) is 0 Å². The molecule has 1 aliphatic rings. The molecule has 0 spiro atoms. The third-order valence-electron chi connectivity index (χ3n) is 6.68.